The van der Waals surface area contributed by atoms with Crippen molar-refractivity contribution in [3.8, 4) is 5.88 Å². The van der Waals surface area contributed by atoms with Gasteiger partial charge >= 0.3 is 5.97 Å². The van der Waals surface area contributed by atoms with Crippen molar-refractivity contribution in [2.24, 2.45) is 0 Å². The highest BCUT2D eigenvalue weighted by Crippen LogP contribution is 2.39. The second kappa shape index (κ2) is 9.91. The molecule has 178 valence electrons. The first-order valence-corrected chi connectivity index (χ1v) is 12.8. The molecular formula is C21H21N5O5S3. The summed E-state index contributed by atoms with van der Waals surface area (Å²) in [5.74, 6) is -0.0728. The molecule has 4 rings (SSSR count). The lowest BCUT2D eigenvalue weighted by Gasteiger charge is -2.12. The van der Waals surface area contributed by atoms with Crippen LogP contribution in [0.3, 0.4) is 0 Å². The number of carbonyl (C=O) groups excluding carboxylic acids is 1. The fraction of sp³-hybridized carbons (Fsp3) is 0.238. The zero-order valence-corrected chi connectivity index (χ0v) is 20.7. The number of methoxy groups -OCH3 is 2. The van der Waals surface area contributed by atoms with E-state index in [4.69, 9.17) is 21.7 Å². The van der Waals surface area contributed by atoms with Crippen LogP contribution in [0.5, 0.6) is 5.88 Å². The van der Waals surface area contributed by atoms with Crippen LogP contribution in [0.15, 0.2) is 41.6 Å². The topological polar surface area (TPSA) is 132 Å². The smallest absolute Gasteiger partial charge is 0.341 e. The Balaban J connectivity index is 1.44. The van der Waals surface area contributed by atoms with Gasteiger partial charge in [-0.15, -0.1) is 11.3 Å². The Morgan fingerprint density at radius 1 is 1.12 bits per heavy atom. The van der Waals surface area contributed by atoms with E-state index in [1.807, 2.05) is 0 Å². The van der Waals surface area contributed by atoms with E-state index < -0.39 is 16.0 Å². The molecule has 0 spiro atoms. The van der Waals surface area contributed by atoms with Gasteiger partial charge in [-0.1, -0.05) is 0 Å². The number of anilines is 3. The minimum absolute atomic E-state index is 0.0390. The van der Waals surface area contributed by atoms with Gasteiger partial charge in [-0.3, -0.25) is 4.72 Å². The maximum Gasteiger partial charge on any atom is 0.341 e. The second-order valence-electron chi connectivity index (χ2n) is 7.21. The number of nitrogens with one attached hydrogen (secondary N) is 3. The first-order valence-electron chi connectivity index (χ1n) is 10.1. The number of aryl methyl sites for hydroxylation is 1. The summed E-state index contributed by atoms with van der Waals surface area (Å²) >= 11 is 6.89. The SMILES string of the molecule is COC(=O)c1c(NC(=S)Nc2ccc(S(=O)(=O)Nc3cc(OC)ncn3)cc2)sc2c1CCC2. The molecule has 1 aliphatic rings. The van der Waals surface area contributed by atoms with Gasteiger partial charge in [0.25, 0.3) is 10.0 Å². The monoisotopic (exact) mass is 519 g/mol. The van der Waals surface area contributed by atoms with Crippen LogP contribution >= 0.6 is 23.6 Å². The van der Waals surface area contributed by atoms with Crippen LogP contribution in [0.25, 0.3) is 0 Å². The Hall–Kier alpha value is -3.29. The van der Waals surface area contributed by atoms with E-state index in [1.54, 1.807) is 12.1 Å². The lowest BCUT2D eigenvalue weighted by atomic mass is 10.1. The molecule has 0 bridgehead atoms. The van der Waals surface area contributed by atoms with Gasteiger partial charge in [0.15, 0.2) is 5.11 Å². The average Bonchev–Trinajstić information content (AvgIpc) is 3.39. The number of hydrogen-bond donors (Lipinski definition) is 3. The summed E-state index contributed by atoms with van der Waals surface area (Å²) in [6.45, 7) is 0. The Bertz CT molecular complexity index is 1340. The number of rotatable bonds is 7. The number of thiocarbonyl (C=S) groups is 1. The van der Waals surface area contributed by atoms with Crippen molar-refractivity contribution >= 4 is 61.2 Å². The molecule has 0 amide bonds. The van der Waals surface area contributed by atoms with Crippen LogP contribution in [0.2, 0.25) is 0 Å². The predicted molar refractivity (Wildman–Crippen MR) is 133 cm³/mol. The van der Waals surface area contributed by atoms with Gasteiger partial charge in [0.05, 0.1) is 24.7 Å². The molecule has 10 nitrogen and oxygen atoms in total. The van der Waals surface area contributed by atoms with Gasteiger partial charge in [-0.2, -0.15) is 0 Å². The summed E-state index contributed by atoms with van der Waals surface area (Å²) in [4.78, 5) is 21.2. The summed E-state index contributed by atoms with van der Waals surface area (Å²) in [5, 5.41) is 6.99. The van der Waals surface area contributed by atoms with E-state index in [-0.39, 0.29) is 21.7 Å². The summed E-state index contributed by atoms with van der Waals surface area (Å²) in [6, 6.07) is 7.41. The molecule has 2 heterocycles. The van der Waals surface area contributed by atoms with E-state index >= 15 is 0 Å². The maximum atomic E-state index is 12.7. The number of carbonyl (C=O) groups is 1. The molecule has 3 aromatic rings. The fourth-order valence-corrected chi connectivity index (χ4v) is 6.06. The zero-order chi connectivity index (χ0) is 24.3. The molecule has 0 atom stereocenters. The summed E-state index contributed by atoms with van der Waals surface area (Å²) in [5.41, 5.74) is 2.12. The predicted octanol–water partition coefficient (Wildman–Crippen LogP) is 3.43. The molecule has 0 saturated heterocycles. The van der Waals surface area contributed by atoms with Crippen LogP contribution < -0.4 is 20.1 Å². The van der Waals surface area contributed by atoms with Crippen LogP contribution in [0.1, 0.15) is 27.2 Å². The van der Waals surface area contributed by atoms with Gasteiger partial charge in [-0.25, -0.2) is 23.2 Å². The number of esters is 1. The minimum Gasteiger partial charge on any atom is -0.481 e. The highest BCUT2D eigenvalue weighted by atomic mass is 32.2. The number of nitrogens with zero attached hydrogens (tertiary/aromatic N) is 2. The number of benzene rings is 1. The molecule has 1 aliphatic carbocycles. The van der Waals surface area contributed by atoms with Crippen molar-refractivity contribution in [1.29, 1.82) is 0 Å². The van der Waals surface area contributed by atoms with Gasteiger partial charge in [0.2, 0.25) is 5.88 Å². The molecule has 0 fully saturated rings. The second-order valence-corrected chi connectivity index (χ2v) is 10.4. The van der Waals surface area contributed by atoms with E-state index in [9.17, 15) is 13.2 Å². The highest BCUT2D eigenvalue weighted by Gasteiger charge is 2.27. The molecule has 3 N–H and O–H groups in total. The Labute approximate surface area is 205 Å². The quantitative estimate of drug-likeness (QED) is 0.315. The van der Waals surface area contributed by atoms with Crippen LogP contribution in [-0.2, 0) is 27.6 Å². The number of thiophene rings is 1. The Morgan fingerprint density at radius 2 is 1.88 bits per heavy atom. The third kappa shape index (κ3) is 5.11. The Morgan fingerprint density at radius 3 is 2.59 bits per heavy atom. The van der Waals surface area contributed by atoms with Crippen molar-refractivity contribution < 1.29 is 22.7 Å². The first kappa shape index (κ1) is 23.9. The number of hydrogen-bond acceptors (Lipinski definition) is 9. The average molecular weight is 520 g/mol. The lowest BCUT2D eigenvalue weighted by Crippen LogP contribution is -2.20. The number of ether oxygens (including phenoxy) is 2. The fourth-order valence-electron chi connectivity index (χ4n) is 3.50. The minimum atomic E-state index is -3.87. The summed E-state index contributed by atoms with van der Waals surface area (Å²) in [7, 11) is -1.09. The zero-order valence-electron chi connectivity index (χ0n) is 18.2. The van der Waals surface area contributed by atoms with E-state index in [0.29, 0.717) is 16.3 Å². The van der Waals surface area contributed by atoms with Crippen molar-refractivity contribution in [3.05, 3.63) is 52.7 Å². The molecule has 34 heavy (non-hydrogen) atoms. The largest absolute Gasteiger partial charge is 0.481 e. The number of fused-ring (bicyclic) bond motifs is 1. The van der Waals surface area contributed by atoms with Crippen molar-refractivity contribution in [2.45, 2.75) is 24.2 Å². The molecule has 0 unspecified atom stereocenters. The number of aromatic nitrogens is 2. The van der Waals surface area contributed by atoms with Crippen molar-refractivity contribution in [3.63, 3.8) is 0 Å². The normalized spacial score (nSPS) is 12.5. The molecule has 0 aliphatic heterocycles. The van der Waals surface area contributed by atoms with E-state index in [1.165, 1.54) is 50.1 Å². The molecule has 1 aromatic carbocycles. The summed E-state index contributed by atoms with van der Waals surface area (Å²) in [6.07, 6.45) is 3.98. The van der Waals surface area contributed by atoms with Crippen LogP contribution in [-0.4, -0.2) is 43.7 Å². The van der Waals surface area contributed by atoms with Crippen LogP contribution in [0, 0.1) is 0 Å². The van der Waals surface area contributed by atoms with E-state index in [2.05, 4.69) is 25.3 Å². The van der Waals surface area contributed by atoms with Gasteiger partial charge in [0.1, 0.15) is 17.1 Å². The van der Waals surface area contributed by atoms with Crippen molar-refractivity contribution in [2.75, 3.05) is 29.6 Å². The molecule has 0 saturated carbocycles. The lowest BCUT2D eigenvalue weighted by molar-refractivity contribution is 0.0601. The number of sulfonamides is 1. The molecule has 0 radical (unpaired) electrons. The summed E-state index contributed by atoms with van der Waals surface area (Å²) < 4.78 is 37.6. The maximum absolute atomic E-state index is 12.7. The first-order chi connectivity index (χ1) is 16.3. The third-order valence-corrected chi connectivity index (χ3v) is 7.83. The van der Waals surface area contributed by atoms with E-state index in [0.717, 1.165) is 29.7 Å². The van der Waals surface area contributed by atoms with Gasteiger partial charge in [0, 0.05) is 16.6 Å². The Kier molecular flexibility index (Phi) is 6.95. The van der Waals surface area contributed by atoms with Crippen LogP contribution in [0.4, 0.5) is 16.5 Å². The molecule has 2 aromatic heterocycles. The third-order valence-electron chi connectivity index (χ3n) is 5.05. The van der Waals surface area contributed by atoms with Crippen molar-refractivity contribution in [1.82, 2.24) is 9.97 Å². The standard InChI is InChI=1S/C21H21N5O5S3/c1-30-17-10-16(22-11-23-17)26-34(28,29)13-8-6-12(7-9-13)24-21(32)25-19-18(20(27)31-2)14-4-3-5-15(14)33-19/h6-11H,3-5H2,1-2H3,(H,22,23,26)(H2,24,25,32). The highest BCUT2D eigenvalue weighted by molar-refractivity contribution is 7.92. The van der Waals surface area contributed by atoms with Gasteiger partial charge in [-0.05, 0) is 61.3 Å². The molecular weight excluding hydrogens is 498 g/mol. The van der Waals surface area contributed by atoms with Gasteiger partial charge < -0.3 is 20.1 Å². The molecule has 13 heteroatoms.